The first-order valence-electron chi connectivity index (χ1n) is 5.94. The monoisotopic (exact) mass is 274 g/mol. The SMILES string of the molecule is COC(=O)C(O)CNC(=O)C(C)NC(=O)C(C)(C)C. The zero-order valence-corrected chi connectivity index (χ0v) is 11.9. The van der Waals surface area contributed by atoms with Gasteiger partial charge in [-0.1, -0.05) is 20.8 Å². The van der Waals surface area contributed by atoms with Crippen molar-refractivity contribution in [2.75, 3.05) is 13.7 Å². The number of aliphatic hydroxyl groups is 1. The highest BCUT2D eigenvalue weighted by molar-refractivity contribution is 5.89. The summed E-state index contributed by atoms with van der Waals surface area (Å²) in [5.41, 5.74) is -0.597. The van der Waals surface area contributed by atoms with Crippen LogP contribution >= 0.6 is 0 Å². The number of hydrogen-bond acceptors (Lipinski definition) is 5. The van der Waals surface area contributed by atoms with Crippen LogP contribution in [0, 0.1) is 5.41 Å². The van der Waals surface area contributed by atoms with Crippen LogP contribution in [0.5, 0.6) is 0 Å². The number of carbonyl (C=O) groups excluding carboxylic acids is 3. The lowest BCUT2D eigenvalue weighted by Crippen LogP contribution is -2.50. The quantitative estimate of drug-likeness (QED) is 0.569. The highest BCUT2D eigenvalue weighted by Gasteiger charge is 2.25. The Bertz CT molecular complexity index is 349. The van der Waals surface area contributed by atoms with E-state index in [0.717, 1.165) is 7.11 Å². The number of aliphatic hydroxyl groups excluding tert-OH is 1. The maximum Gasteiger partial charge on any atom is 0.336 e. The van der Waals surface area contributed by atoms with Gasteiger partial charge in [0.1, 0.15) is 6.04 Å². The van der Waals surface area contributed by atoms with E-state index in [4.69, 9.17) is 0 Å². The fraction of sp³-hybridized carbons (Fsp3) is 0.750. The molecule has 2 atom stereocenters. The summed E-state index contributed by atoms with van der Waals surface area (Å²) in [6.07, 6.45) is -1.42. The lowest BCUT2D eigenvalue weighted by Gasteiger charge is -2.21. The lowest BCUT2D eigenvalue weighted by molar-refractivity contribution is -0.150. The maximum atomic E-state index is 11.7. The van der Waals surface area contributed by atoms with Crippen LogP contribution < -0.4 is 10.6 Å². The molecule has 0 spiro atoms. The van der Waals surface area contributed by atoms with Crippen molar-refractivity contribution in [2.45, 2.75) is 39.8 Å². The molecule has 3 N–H and O–H groups in total. The lowest BCUT2D eigenvalue weighted by atomic mass is 9.95. The number of nitrogens with one attached hydrogen (secondary N) is 2. The highest BCUT2D eigenvalue weighted by atomic mass is 16.5. The Morgan fingerprint density at radius 1 is 1.26 bits per heavy atom. The van der Waals surface area contributed by atoms with Gasteiger partial charge in [-0.2, -0.15) is 0 Å². The molecule has 7 heteroatoms. The number of rotatable bonds is 5. The van der Waals surface area contributed by atoms with Gasteiger partial charge in [-0.3, -0.25) is 9.59 Å². The first-order chi connectivity index (χ1) is 8.59. The van der Waals surface area contributed by atoms with E-state index in [1.165, 1.54) is 6.92 Å². The van der Waals surface area contributed by atoms with Crippen molar-refractivity contribution < 1.29 is 24.2 Å². The van der Waals surface area contributed by atoms with Crippen molar-refractivity contribution in [1.29, 1.82) is 0 Å². The Morgan fingerprint density at radius 3 is 2.21 bits per heavy atom. The third kappa shape index (κ3) is 6.19. The molecule has 0 rings (SSSR count). The van der Waals surface area contributed by atoms with E-state index in [0.29, 0.717) is 0 Å². The Labute approximate surface area is 112 Å². The second-order valence-electron chi connectivity index (χ2n) is 5.23. The van der Waals surface area contributed by atoms with Crippen LogP contribution in [0.4, 0.5) is 0 Å². The molecule has 0 aromatic rings. The smallest absolute Gasteiger partial charge is 0.336 e. The van der Waals surface area contributed by atoms with Gasteiger partial charge < -0.3 is 20.5 Å². The summed E-state index contributed by atoms with van der Waals surface area (Å²) in [6, 6.07) is -0.753. The van der Waals surface area contributed by atoms with E-state index in [1.807, 2.05) is 0 Å². The Hall–Kier alpha value is -1.63. The molecule has 0 aliphatic rings. The van der Waals surface area contributed by atoms with Crippen LogP contribution in [0.1, 0.15) is 27.7 Å². The summed E-state index contributed by atoms with van der Waals surface area (Å²) < 4.78 is 4.30. The molecule has 2 unspecified atom stereocenters. The molecular weight excluding hydrogens is 252 g/mol. The standard InChI is InChI=1S/C12H22N2O5/c1-7(14-11(18)12(2,3)4)9(16)13-6-8(15)10(17)19-5/h7-8,15H,6H2,1-5H3,(H,13,16)(H,14,18). The molecule has 7 nitrogen and oxygen atoms in total. The molecule has 2 amide bonds. The molecule has 0 aromatic carbocycles. The Kier molecular flexibility index (Phi) is 6.47. The van der Waals surface area contributed by atoms with Gasteiger partial charge in [-0.25, -0.2) is 4.79 Å². The number of carbonyl (C=O) groups is 3. The highest BCUT2D eigenvalue weighted by Crippen LogP contribution is 2.12. The van der Waals surface area contributed by atoms with E-state index >= 15 is 0 Å². The zero-order chi connectivity index (χ0) is 15.2. The Balaban J connectivity index is 4.22. The largest absolute Gasteiger partial charge is 0.467 e. The summed E-state index contributed by atoms with van der Waals surface area (Å²) in [7, 11) is 1.14. The van der Waals surface area contributed by atoms with E-state index in [-0.39, 0.29) is 12.5 Å². The molecule has 0 aliphatic heterocycles. The summed E-state index contributed by atoms with van der Waals surface area (Å²) in [6.45, 7) is 6.45. The minimum absolute atomic E-state index is 0.260. The summed E-state index contributed by atoms with van der Waals surface area (Å²) in [5.74, 6) is -1.57. The maximum absolute atomic E-state index is 11.7. The molecule has 0 aromatic heterocycles. The number of ether oxygens (including phenoxy) is 1. The number of esters is 1. The number of hydrogen-bond donors (Lipinski definition) is 3. The van der Waals surface area contributed by atoms with E-state index in [9.17, 15) is 19.5 Å². The average molecular weight is 274 g/mol. The fourth-order valence-corrected chi connectivity index (χ4v) is 1.05. The van der Waals surface area contributed by atoms with Gasteiger partial charge >= 0.3 is 5.97 Å². The van der Waals surface area contributed by atoms with Crippen molar-refractivity contribution in [3.05, 3.63) is 0 Å². The van der Waals surface area contributed by atoms with Gasteiger partial charge in [-0.05, 0) is 6.92 Å². The van der Waals surface area contributed by atoms with Gasteiger partial charge in [0.25, 0.3) is 0 Å². The molecular formula is C12H22N2O5. The van der Waals surface area contributed by atoms with Crippen molar-refractivity contribution in [2.24, 2.45) is 5.41 Å². The minimum atomic E-state index is -1.42. The van der Waals surface area contributed by atoms with Crippen LogP contribution in [0.15, 0.2) is 0 Å². The summed E-state index contributed by atoms with van der Waals surface area (Å²) in [4.78, 5) is 34.2. The van der Waals surface area contributed by atoms with Crippen LogP contribution in [0.2, 0.25) is 0 Å². The topological polar surface area (TPSA) is 105 Å². The molecule has 0 saturated heterocycles. The molecule has 0 fully saturated rings. The van der Waals surface area contributed by atoms with Gasteiger partial charge in [0.2, 0.25) is 11.8 Å². The molecule has 0 bridgehead atoms. The van der Waals surface area contributed by atoms with Crippen LogP contribution in [-0.2, 0) is 19.1 Å². The third-order valence-corrected chi connectivity index (χ3v) is 2.36. The first-order valence-corrected chi connectivity index (χ1v) is 5.94. The predicted molar refractivity (Wildman–Crippen MR) is 68.1 cm³/mol. The van der Waals surface area contributed by atoms with Gasteiger partial charge in [0.15, 0.2) is 6.10 Å². The second-order valence-corrected chi connectivity index (χ2v) is 5.23. The van der Waals surface area contributed by atoms with Crippen LogP contribution in [0.25, 0.3) is 0 Å². The zero-order valence-electron chi connectivity index (χ0n) is 11.9. The van der Waals surface area contributed by atoms with Crippen LogP contribution in [0.3, 0.4) is 0 Å². The van der Waals surface area contributed by atoms with Crippen molar-refractivity contribution in [1.82, 2.24) is 10.6 Å². The van der Waals surface area contributed by atoms with Crippen molar-refractivity contribution in [3.63, 3.8) is 0 Å². The molecule has 0 saturated carbocycles. The van der Waals surface area contributed by atoms with Gasteiger partial charge in [0, 0.05) is 5.41 Å². The first kappa shape index (κ1) is 17.4. The van der Waals surface area contributed by atoms with E-state index < -0.39 is 29.4 Å². The van der Waals surface area contributed by atoms with Gasteiger partial charge in [0.05, 0.1) is 13.7 Å². The van der Waals surface area contributed by atoms with E-state index in [1.54, 1.807) is 20.8 Å². The van der Waals surface area contributed by atoms with Crippen LogP contribution in [-0.4, -0.2) is 48.7 Å². The molecule has 19 heavy (non-hydrogen) atoms. The third-order valence-electron chi connectivity index (χ3n) is 2.36. The van der Waals surface area contributed by atoms with Gasteiger partial charge in [-0.15, -0.1) is 0 Å². The number of amides is 2. The predicted octanol–water partition coefficient (Wildman–Crippen LogP) is -0.813. The molecule has 0 aliphatic carbocycles. The minimum Gasteiger partial charge on any atom is -0.467 e. The van der Waals surface area contributed by atoms with E-state index in [2.05, 4.69) is 15.4 Å². The summed E-state index contributed by atoms with van der Waals surface area (Å²) in [5, 5.41) is 14.2. The second kappa shape index (κ2) is 7.08. The fourth-order valence-electron chi connectivity index (χ4n) is 1.05. The Morgan fingerprint density at radius 2 is 1.79 bits per heavy atom. The normalized spacial score (nSPS) is 14.2. The summed E-state index contributed by atoms with van der Waals surface area (Å²) >= 11 is 0. The van der Waals surface area contributed by atoms with Crippen molar-refractivity contribution >= 4 is 17.8 Å². The number of methoxy groups -OCH3 is 1. The molecule has 0 radical (unpaired) electrons. The molecule has 0 heterocycles. The molecule has 110 valence electrons. The van der Waals surface area contributed by atoms with Crippen molar-refractivity contribution in [3.8, 4) is 0 Å². The average Bonchev–Trinajstić information content (AvgIpc) is 2.32.